The smallest absolute Gasteiger partial charge is 0.152 e. The first kappa shape index (κ1) is 12.4. The molecule has 0 aliphatic heterocycles. The van der Waals surface area contributed by atoms with Crippen molar-refractivity contribution >= 4 is 17.2 Å². The van der Waals surface area contributed by atoms with Crippen molar-refractivity contribution in [2.75, 3.05) is 6.54 Å². The maximum atomic E-state index is 11.2. The van der Waals surface area contributed by atoms with Gasteiger partial charge in [-0.2, -0.15) is 0 Å². The summed E-state index contributed by atoms with van der Waals surface area (Å²) in [6.45, 7) is 3.27. The number of aromatic amines is 1. The Kier molecular flexibility index (Phi) is 3.38. The van der Waals surface area contributed by atoms with E-state index in [0.717, 1.165) is 48.6 Å². The lowest BCUT2D eigenvalue weighted by molar-refractivity contribution is 0.112. The van der Waals surface area contributed by atoms with Crippen LogP contribution in [0.4, 0.5) is 0 Å². The molecule has 1 aromatic carbocycles. The van der Waals surface area contributed by atoms with Gasteiger partial charge in [-0.1, -0.05) is 13.0 Å². The van der Waals surface area contributed by atoms with E-state index in [1.807, 2.05) is 6.20 Å². The summed E-state index contributed by atoms with van der Waals surface area (Å²) in [4.78, 5) is 14.4. The number of fused-ring (bicyclic) bond motifs is 3. The third kappa shape index (κ3) is 2.19. The zero-order valence-electron chi connectivity index (χ0n) is 11.3. The molecule has 0 bridgehead atoms. The zero-order valence-corrected chi connectivity index (χ0v) is 11.3. The fraction of sp³-hybridized carbons (Fsp3) is 0.438. The highest BCUT2D eigenvalue weighted by molar-refractivity contribution is 5.99. The van der Waals surface area contributed by atoms with Crippen LogP contribution in [0.1, 0.15) is 41.3 Å². The molecule has 0 radical (unpaired) electrons. The lowest BCUT2D eigenvalue weighted by Gasteiger charge is -2.26. The van der Waals surface area contributed by atoms with Gasteiger partial charge in [0.25, 0.3) is 0 Å². The molecule has 0 fully saturated rings. The van der Waals surface area contributed by atoms with E-state index in [9.17, 15) is 4.79 Å². The first-order valence-corrected chi connectivity index (χ1v) is 7.14. The highest BCUT2D eigenvalue weighted by atomic mass is 16.1. The van der Waals surface area contributed by atoms with Crippen LogP contribution in [-0.2, 0) is 12.8 Å². The molecule has 0 saturated heterocycles. The summed E-state index contributed by atoms with van der Waals surface area (Å²) >= 11 is 0. The molecule has 3 nitrogen and oxygen atoms in total. The average molecular weight is 256 g/mol. The van der Waals surface area contributed by atoms with Gasteiger partial charge >= 0.3 is 0 Å². The van der Waals surface area contributed by atoms with Gasteiger partial charge in [0.05, 0.1) is 0 Å². The number of aromatic nitrogens is 1. The molecule has 100 valence electrons. The van der Waals surface area contributed by atoms with E-state index in [1.165, 1.54) is 17.5 Å². The summed E-state index contributed by atoms with van der Waals surface area (Å²) < 4.78 is 0. The van der Waals surface area contributed by atoms with E-state index < -0.39 is 0 Å². The Morgan fingerprint density at radius 1 is 1.47 bits per heavy atom. The van der Waals surface area contributed by atoms with Crippen molar-refractivity contribution in [1.29, 1.82) is 0 Å². The zero-order chi connectivity index (χ0) is 13.2. The summed E-state index contributed by atoms with van der Waals surface area (Å²) in [6, 6.07) is 4.85. The summed E-state index contributed by atoms with van der Waals surface area (Å²) in [6.07, 6.45) is 7.28. The minimum absolute atomic E-state index is 0.549. The van der Waals surface area contributed by atoms with Gasteiger partial charge in [-0.25, -0.2) is 0 Å². The topological polar surface area (TPSA) is 44.9 Å². The maximum Gasteiger partial charge on any atom is 0.152 e. The van der Waals surface area contributed by atoms with Crippen molar-refractivity contribution in [2.45, 2.75) is 38.6 Å². The molecule has 0 unspecified atom stereocenters. The second-order valence-electron chi connectivity index (χ2n) is 5.38. The molecular weight excluding hydrogens is 236 g/mol. The number of aryl methyl sites for hydroxylation is 1. The molecule has 19 heavy (non-hydrogen) atoms. The number of hydrogen-bond acceptors (Lipinski definition) is 2. The van der Waals surface area contributed by atoms with Gasteiger partial charge in [-0.15, -0.1) is 0 Å². The normalized spacial score (nSPS) is 18.5. The highest BCUT2D eigenvalue weighted by Crippen LogP contribution is 2.30. The van der Waals surface area contributed by atoms with Crippen LogP contribution >= 0.6 is 0 Å². The summed E-state index contributed by atoms with van der Waals surface area (Å²) in [7, 11) is 0. The van der Waals surface area contributed by atoms with Crippen molar-refractivity contribution in [2.24, 2.45) is 0 Å². The molecule has 0 saturated carbocycles. The maximum absolute atomic E-state index is 11.2. The number of carbonyl (C=O) groups excluding carboxylic acids is 1. The van der Waals surface area contributed by atoms with Gasteiger partial charge in [-0.05, 0) is 49.4 Å². The van der Waals surface area contributed by atoms with Gasteiger partial charge in [0.1, 0.15) is 0 Å². The first-order valence-electron chi connectivity index (χ1n) is 7.14. The Morgan fingerprint density at radius 3 is 3.16 bits per heavy atom. The number of rotatable bonds is 4. The average Bonchev–Trinajstić information content (AvgIpc) is 2.88. The molecule has 0 spiro atoms. The van der Waals surface area contributed by atoms with E-state index in [4.69, 9.17) is 0 Å². The van der Waals surface area contributed by atoms with Crippen molar-refractivity contribution in [3.05, 3.63) is 35.0 Å². The van der Waals surface area contributed by atoms with Crippen LogP contribution in [0.5, 0.6) is 0 Å². The molecule has 3 heteroatoms. The van der Waals surface area contributed by atoms with Crippen LogP contribution in [0.3, 0.4) is 0 Å². The molecule has 1 aliphatic rings. The third-order valence-corrected chi connectivity index (χ3v) is 4.10. The van der Waals surface area contributed by atoms with Gasteiger partial charge in [0.2, 0.25) is 0 Å². The number of hydrogen-bond donors (Lipinski definition) is 2. The van der Waals surface area contributed by atoms with Gasteiger partial charge in [0.15, 0.2) is 6.29 Å². The van der Waals surface area contributed by atoms with Crippen molar-refractivity contribution in [3.63, 3.8) is 0 Å². The Hall–Kier alpha value is -1.61. The Labute approximate surface area is 113 Å². The van der Waals surface area contributed by atoms with Gasteiger partial charge in [0, 0.05) is 28.7 Å². The lowest BCUT2D eigenvalue weighted by Crippen LogP contribution is -2.35. The molecule has 1 atom stereocenters. The highest BCUT2D eigenvalue weighted by Gasteiger charge is 2.21. The van der Waals surface area contributed by atoms with Crippen LogP contribution in [0, 0.1) is 0 Å². The van der Waals surface area contributed by atoms with E-state index in [1.54, 1.807) is 0 Å². The largest absolute Gasteiger partial charge is 0.360 e. The minimum atomic E-state index is 0.549. The fourth-order valence-corrected chi connectivity index (χ4v) is 3.13. The molecule has 3 rings (SSSR count). The van der Waals surface area contributed by atoms with Crippen LogP contribution < -0.4 is 5.32 Å². The minimum Gasteiger partial charge on any atom is -0.360 e. The molecule has 0 amide bonds. The number of nitrogens with one attached hydrogen (secondary N) is 2. The number of carbonyl (C=O) groups is 1. The SMILES string of the molecule is CCCN[C@H]1CCc2ccc3[nH]cc(C=O)c3c2C1. The first-order chi connectivity index (χ1) is 9.33. The van der Waals surface area contributed by atoms with E-state index >= 15 is 0 Å². The van der Waals surface area contributed by atoms with E-state index in [0.29, 0.717) is 6.04 Å². The van der Waals surface area contributed by atoms with E-state index in [2.05, 4.69) is 29.4 Å². The second kappa shape index (κ2) is 5.17. The van der Waals surface area contributed by atoms with Gasteiger partial charge in [-0.3, -0.25) is 4.79 Å². The van der Waals surface area contributed by atoms with Crippen molar-refractivity contribution in [3.8, 4) is 0 Å². The lowest BCUT2D eigenvalue weighted by atomic mass is 9.85. The third-order valence-electron chi connectivity index (χ3n) is 4.10. The van der Waals surface area contributed by atoms with Gasteiger partial charge < -0.3 is 10.3 Å². The number of aldehydes is 1. The predicted molar refractivity (Wildman–Crippen MR) is 77.8 cm³/mol. The molecule has 2 aromatic rings. The fourth-order valence-electron chi connectivity index (χ4n) is 3.13. The number of H-pyrrole nitrogens is 1. The van der Waals surface area contributed by atoms with E-state index in [-0.39, 0.29) is 0 Å². The molecular formula is C16H20N2O. The molecule has 1 aromatic heterocycles. The van der Waals surface area contributed by atoms with Crippen molar-refractivity contribution in [1.82, 2.24) is 10.3 Å². The summed E-state index contributed by atoms with van der Waals surface area (Å²) in [5.41, 5.74) is 4.64. The summed E-state index contributed by atoms with van der Waals surface area (Å²) in [5, 5.41) is 4.74. The Morgan fingerprint density at radius 2 is 2.37 bits per heavy atom. The quantitative estimate of drug-likeness (QED) is 0.826. The second-order valence-corrected chi connectivity index (χ2v) is 5.38. The monoisotopic (exact) mass is 256 g/mol. The predicted octanol–water partition coefficient (Wildman–Crippen LogP) is 2.84. The summed E-state index contributed by atoms with van der Waals surface area (Å²) in [5.74, 6) is 0. The Bertz CT molecular complexity index is 600. The van der Waals surface area contributed by atoms with Crippen LogP contribution in [0.25, 0.3) is 10.9 Å². The molecule has 2 N–H and O–H groups in total. The standard InChI is InChI=1S/C16H20N2O/c1-2-7-17-13-5-3-11-4-6-15-16(14(11)8-13)12(10-19)9-18-15/h4,6,9-10,13,17-18H,2-3,5,7-8H2,1H3/t13-/m0/s1. The molecule has 1 aliphatic carbocycles. The number of benzene rings is 1. The molecule has 1 heterocycles. The van der Waals surface area contributed by atoms with Crippen LogP contribution in [0.15, 0.2) is 18.3 Å². The van der Waals surface area contributed by atoms with Crippen LogP contribution in [-0.4, -0.2) is 23.9 Å². The van der Waals surface area contributed by atoms with Crippen molar-refractivity contribution < 1.29 is 4.79 Å². The van der Waals surface area contributed by atoms with Crippen LogP contribution in [0.2, 0.25) is 0 Å². The Balaban J connectivity index is 2.00.